The second kappa shape index (κ2) is 4.53. The number of alkyl halides is 1. The minimum Gasteiger partial charge on any atom is -0.268 e. The van der Waals surface area contributed by atoms with Gasteiger partial charge in [-0.3, -0.25) is 4.68 Å². The third-order valence-corrected chi connectivity index (χ3v) is 3.53. The van der Waals surface area contributed by atoms with E-state index in [2.05, 4.69) is 5.10 Å². The Morgan fingerprint density at radius 1 is 1.40 bits per heavy atom. The smallest absolute Gasteiger partial charge is 0.149 e. The molecule has 0 N–H and O–H groups in total. The lowest BCUT2D eigenvalue weighted by atomic mass is 10.2. The molecule has 0 aromatic carbocycles. The Labute approximate surface area is 95.2 Å². The molecule has 1 rings (SSSR count). The van der Waals surface area contributed by atoms with E-state index in [9.17, 15) is 8.42 Å². The Balaban J connectivity index is 2.88. The maximum atomic E-state index is 11.0. The van der Waals surface area contributed by atoms with E-state index in [1.54, 1.807) is 4.68 Å². The van der Waals surface area contributed by atoms with Crippen molar-refractivity contribution in [1.29, 1.82) is 0 Å². The van der Waals surface area contributed by atoms with Crippen molar-refractivity contribution in [1.82, 2.24) is 9.78 Å². The van der Waals surface area contributed by atoms with E-state index in [-0.39, 0.29) is 5.75 Å². The monoisotopic (exact) mass is 250 g/mol. The third kappa shape index (κ3) is 3.21. The zero-order valence-electron chi connectivity index (χ0n) is 9.12. The molecule has 1 aromatic heterocycles. The number of hydrogen-bond donors (Lipinski definition) is 0. The van der Waals surface area contributed by atoms with Crippen LogP contribution in [0.5, 0.6) is 0 Å². The molecule has 1 heterocycles. The predicted octanol–water partition coefficient (Wildman–Crippen LogP) is 1.28. The highest BCUT2D eigenvalue weighted by Crippen LogP contribution is 2.15. The first-order chi connectivity index (χ1) is 6.85. The van der Waals surface area contributed by atoms with Gasteiger partial charge in [0.2, 0.25) is 0 Å². The fourth-order valence-electron chi connectivity index (χ4n) is 1.40. The van der Waals surface area contributed by atoms with E-state index < -0.39 is 9.84 Å². The van der Waals surface area contributed by atoms with Crippen LogP contribution in [0.1, 0.15) is 17.0 Å². The summed E-state index contributed by atoms with van der Waals surface area (Å²) in [5.74, 6) is 0.521. The SMILES string of the molecule is Cc1nn(CCS(C)(=O)=O)c(C)c1CCl. The van der Waals surface area contributed by atoms with Gasteiger partial charge in [-0.1, -0.05) is 0 Å². The largest absolute Gasteiger partial charge is 0.268 e. The minimum absolute atomic E-state index is 0.108. The summed E-state index contributed by atoms with van der Waals surface area (Å²) in [5, 5.41) is 4.25. The molecule has 0 bridgehead atoms. The first-order valence-corrected chi connectivity index (χ1v) is 7.21. The molecule has 0 spiro atoms. The minimum atomic E-state index is -2.94. The van der Waals surface area contributed by atoms with Gasteiger partial charge in [-0.15, -0.1) is 11.6 Å². The molecule has 1 aromatic rings. The van der Waals surface area contributed by atoms with E-state index in [4.69, 9.17) is 11.6 Å². The second-order valence-corrected chi connectivity index (χ2v) is 6.16. The summed E-state index contributed by atoms with van der Waals surface area (Å²) in [4.78, 5) is 0. The van der Waals surface area contributed by atoms with Gasteiger partial charge in [-0.25, -0.2) is 8.42 Å². The van der Waals surface area contributed by atoms with Crippen LogP contribution < -0.4 is 0 Å². The number of aryl methyl sites for hydroxylation is 2. The van der Waals surface area contributed by atoms with Crippen LogP contribution in [-0.4, -0.2) is 30.2 Å². The molecule has 0 saturated carbocycles. The van der Waals surface area contributed by atoms with Crippen molar-refractivity contribution in [3.8, 4) is 0 Å². The standard InChI is InChI=1S/C9H15ClN2O2S/c1-7-9(6-10)8(2)12(11-7)4-5-15(3,13)14/h4-6H2,1-3H3. The van der Waals surface area contributed by atoms with Crippen molar-refractivity contribution in [2.45, 2.75) is 26.3 Å². The Kier molecular flexibility index (Phi) is 3.78. The number of halogens is 1. The fourth-order valence-corrected chi connectivity index (χ4v) is 2.29. The molecule has 0 aliphatic carbocycles. The Bertz CT molecular complexity index is 451. The van der Waals surface area contributed by atoms with E-state index in [1.165, 1.54) is 6.26 Å². The van der Waals surface area contributed by atoms with Crippen LogP contribution >= 0.6 is 11.6 Å². The predicted molar refractivity (Wildman–Crippen MR) is 61.0 cm³/mol. The van der Waals surface area contributed by atoms with Gasteiger partial charge in [-0.05, 0) is 13.8 Å². The average Bonchev–Trinajstić information content (AvgIpc) is 2.37. The summed E-state index contributed by atoms with van der Waals surface area (Å²) in [6.45, 7) is 4.17. The van der Waals surface area contributed by atoms with Gasteiger partial charge in [0.1, 0.15) is 9.84 Å². The van der Waals surface area contributed by atoms with Crippen molar-refractivity contribution in [2.75, 3.05) is 12.0 Å². The maximum Gasteiger partial charge on any atom is 0.149 e. The molecular formula is C9H15ClN2O2S. The zero-order chi connectivity index (χ0) is 11.6. The van der Waals surface area contributed by atoms with Crippen molar-refractivity contribution in [3.63, 3.8) is 0 Å². The topological polar surface area (TPSA) is 52.0 Å². The van der Waals surface area contributed by atoms with Crippen molar-refractivity contribution in [3.05, 3.63) is 17.0 Å². The van der Waals surface area contributed by atoms with Gasteiger partial charge in [-0.2, -0.15) is 5.10 Å². The Hall–Kier alpha value is -0.550. The van der Waals surface area contributed by atoms with E-state index in [0.29, 0.717) is 12.4 Å². The van der Waals surface area contributed by atoms with Crippen LogP contribution in [0.25, 0.3) is 0 Å². The molecule has 0 unspecified atom stereocenters. The van der Waals surface area contributed by atoms with Gasteiger partial charge in [0, 0.05) is 17.5 Å². The summed E-state index contributed by atoms with van der Waals surface area (Å²) in [6, 6.07) is 0. The van der Waals surface area contributed by atoms with Gasteiger partial charge < -0.3 is 0 Å². The lowest BCUT2D eigenvalue weighted by Gasteiger charge is -2.03. The molecule has 0 fully saturated rings. The molecule has 15 heavy (non-hydrogen) atoms. The van der Waals surface area contributed by atoms with E-state index in [1.807, 2.05) is 13.8 Å². The number of nitrogens with zero attached hydrogens (tertiary/aromatic N) is 2. The van der Waals surface area contributed by atoms with Crippen molar-refractivity contribution in [2.24, 2.45) is 0 Å². The lowest BCUT2D eigenvalue weighted by Crippen LogP contribution is -2.13. The molecule has 4 nitrogen and oxygen atoms in total. The molecule has 6 heteroatoms. The first kappa shape index (κ1) is 12.5. The van der Waals surface area contributed by atoms with Crippen LogP contribution in [0, 0.1) is 13.8 Å². The first-order valence-electron chi connectivity index (χ1n) is 4.61. The molecular weight excluding hydrogens is 236 g/mol. The Morgan fingerprint density at radius 3 is 2.40 bits per heavy atom. The highest BCUT2D eigenvalue weighted by molar-refractivity contribution is 7.90. The summed E-state index contributed by atoms with van der Waals surface area (Å²) in [6.07, 6.45) is 1.22. The van der Waals surface area contributed by atoms with Gasteiger partial charge >= 0.3 is 0 Å². The second-order valence-electron chi connectivity index (χ2n) is 3.64. The number of aromatic nitrogens is 2. The molecule has 0 amide bonds. The molecule has 0 radical (unpaired) electrons. The van der Waals surface area contributed by atoms with Crippen molar-refractivity contribution >= 4 is 21.4 Å². The van der Waals surface area contributed by atoms with Gasteiger partial charge in [0.05, 0.1) is 23.9 Å². The van der Waals surface area contributed by atoms with Gasteiger partial charge in [0.15, 0.2) is 0 Å². The highest BCUT2D eigenvalue weighted by atomic mass is 35.5. The molecule has 0 aliphatic heterocycles. The average molecular weight is 251 g/mol. The quantitative estimate of drug-likeness (QED) is 0.757. The van der Waals surface area contributed by atoms with E-state index in [0.717, 1.165) is 17.0 Å². The number of sulfone groups is 1. The Morgan fingerprint density at radius 2 is 2.00 bits per heavy atom. The lowest BCUT2D eigenvalue weighted by molar-refractivity contribution is 0.581. The normalized spacial score (nSPS) is 12.0. The molecule has 0 atom stereocenters. The van der Waals surface area contributed by atoms with Crippen LogP contribution in [0.4, 0.5) is 0 Å². The number of rotatable bonds is 4. The van der Waals surface area contributed by atoms with Crippen LogP contribution in [0.2, 0.25) is 0 Å². The maximum absolute atomic E-state index is 11.0. The molecule has 0 saturated heterocycles. The van der Waals surface area contributed by atoms with Gasteiger partial charge in [0.25, 0.3) is 0 Å². The number of hydrogen-bond acceptors (Lipinski definition) is 3. The summed E-state index contributed by atoms with van der Waals surface area (Å²) < 4.78 is 23.7. The third-order valence-electron chi connectivity index (χ3n) is 2.34. The fraction of sp³-hybridized carbons (Fsp3) is 0.667. The zero-order valence-corrected chi connectivity index (χ0v) is 10.7. The highest BCUT2D eigenvalue weighted by Gasteiger charge is 2.11. The molecule has 86 valence electrons. The summed E-state index contributed by atoms with van der Waals surface area (Å²) in [7, 11) is -2.94. The van der Waals surface area contributed by atoms with Crippen molar-refractivity contribution < 1.29 is 8.42 Å². The van der Waals surface area contributed by atoms with Crippen LogP contribution in [-0.2, 0) is 22.3 Å². The summed E-state index contributed by atoms with van der Waals surface area (Å²) in [5.41, 5.74) is 2.81. The molecule has 0 aliphatic rings. The van der Waals surface area contributed by atoms with Crippen LogP contribution in [0.3, 0.4) is 0 Å². The van der Waals surface area contributed by atoms with Crippen LogP contribution in [0.15, 0.2) is 0 Å². The summed E-state index contributed by atoms with van der Waals surface area (Å²) >= 11 is 5.77. The van der Waals surface area contributed by atoms with E-state index >= 15 is 0 Å².